The van der Waals surface area contributed by atoms with Crippen molar-refractivity contribution in [1.29, 1.82) is 0 Å². The maximum absolute atomic E-state index is 2.51. The average molecular weight is 140 g/mol. The third-order valence-electron chi connectivity index (χ3n) is 2.83. The van der Waals surface area contributed by atoms with E-state index in [2.05, 4.69) is 23.9 Å². The highest BCUT2D eigenvalue weighted by molar-refractivity contribution is 4.97. The van der Waals surface area contributed by atoms with Crippen LogP contribution in [0.5, 0.6) is 0 Å². The second kappa shape index (κ2) is 2.21. The van der Waals surface area contributed by atoms with Gasteiger partial charge in [-0.25, -0.2) is 0 Å². The normalized spacial score (nSPS) is 42.6. The molecule has 0 aromatic rings. The van der Waals surface area contributed by atoms with Crippen molar-refractivity contribution >= 4 is 0 Å². The first-order valence-electron chi connectivity index (χ1n) is 4.16. The SMILES string of the molecule is CN1CCN(C)C2CC2C1. The third-order valence-corrected chi connectivity index (χ3v) is 2.83. The van der Waals surface area contributed by atoms with Crippen molar-refractivity contribution in [2.45, 2.75) is 12.5 Å². The van der Waals surface area contributed by atoms with Crippen LogP contribution < -0.4 is 0 Å². The van der Waals surface area contributed by atoms with Crippen molar-refractivity contribution < 1.29 is 0 Å². The van der Waals surface area contributed by atoms with Gasteiger partial charge in [-0.15, -0.1) is 0 Å². The van der Waals surface area contributed by atoms with E-state index in [1.807, 2.05) is 0 Å². The van der Waals surface area contributed by atoms with Crippen molar-refractivity contribution in [2.24, 2.45) is 5.92 Å². The smallest absolute Gasteiger partial charge is 0.0137 e. The number of rotatable bonds is 0. The van der Waals surface area contributed by atoms with Crippen LogP contribution in [0.2, 0.25) is 0 Å². The lowest BCUT2D eigenvalue weighted by molar-refractivity contribution is 0.289. The van der Waals surface area contributed by atoms with Gasteiger partial charge in [0.15, 0.2) is 0 Å². The second-order valence-corrected chi connectivity index (χ2v) is 3.81. The predicted octanol–water partition coefficient (Wildman–Crippen LogP) is 0.252. The van der Waals surface area contributed by atoms with Crippen LogP contribution in [0.15, 0.2) is 0 Å². The van der Waals surface area contributed by atoms with Gasteiger partial charge in [0.05, 0.1) is 0 Å². The molecular weight excluding hydrogens is 124 g/mol. The Kier molecular flexibility index (Phi) is 1.46. The van der Waals surface area contributed by atoms with Gasteiger partial charge in [-0.1, -0.05) is 0 Å². The van der Waals surface area contributed by atoms with Crippen molar-refractivity contribution in [1.82, 2.24) is 9.80 Å². The minimum absolute atomic E-state index is 0.935. The summed E-state index contributed by atoms with van der Waals surface area (Å²) in [7, 11) is 4.48. The molecule has 58 valence electrons. The van der Waals surface area contributed by atoms with Gasteiger partial charge in [-0.3, -0.25) is 0 Å². The summed E-state index contributed by atoms with van der Waals surface area (Å²) >= 11 is 0. The molecule has 1 aliphatic heterocycles. The third kappa shape index (κ3) is 1.06. The summed E-state index contributed by atoms with van der Waals surface area (Å²) in [6.07, 6.45) is 1.45. The molecule has 1 saturated carbocycles. The number of hydrogen-bond donors (Lipinski definition) is 0. The Morgan fingerprint density at radius 2 is 2.00 bits per heavy atom. The topological polar surface area (TPSA) is 6.48 Å². The number of hydrogen-bond acceptors (Lipinski definition) is 2. The van der Waals surface area contributed by atoms with Crippen LogP contribution in [0.4, 0.5) is 0 Å². The Morgan fingerprint density at radius 1 is 1.20 bits per heavy atom. The molecule has 0 bridgehead atoms. The molecular formula is C8H16N2. The van der Waals surface area contributed by atoms with Crippen LogP contribution in [0.1, 0.15) is 6.42 Å². The van der Waals surface area contributed by atoms with Crippen molar-refractivity contribution in [3.8, 4) is 0 Å². The Labute approximate surface area is 62.8 Å². The Morgan fingerprint density at radius 3 is 2.80 bits per heavy atom. The molecule has 2 unspecified atom stereocenters. The van der Waals surface area contributed by atoms with Crippen LogP contribution in [0.25, 0.3) is 0 Å². The molecule has 0 aromatic heterocycles. The van der Waals surface area contributed by atoms with Crippen LogP contribution >= 0.6 is 0 Å². The Hall–Kier alpha value is -0.0800. The quantitative estimate of drug-likeness (QED) is 0.476. The van der Waals surface area contributed by atoms with Crippen LogP contribution in [-0.2, 0) is 0 Å². The molecule has 2 atom stereocenters. The van der Waals surface area contributed by atoms with Crippen molar-refractivity contribution in [3.05, 3.63) is 0 Å². The summed E-state index contributed by atoms with van der Waals surface area (Å²) in [5.41, 5.74) is 0. The van der Waals surface area contributed by atoms with Gasteiger partial charge in [0.1, 0.15) is 0 Å². The number of fused-ring (bicyclic) bond motifs is 1. The van der Waals surface area contributed by atoms with Gasteiger partial charge in [-0.05, 0) is 26.4 Å². The van der Waals surface area contributed by atoms with Gasteiger partial charge in [0.25, 0.3) is 0 Å². The molecule has 0 aromatic carbocycles. The highest BCUT2D eigenvalue weighted by Gasteiger charge is 2.42. The summed E-state index contributed by atoms with van der Waals surface area (Å²) in [6, 6.07) is 0.935. The van der Waals surface area contributed by atoms with Gasteiger partial charge >= 0.3 is 0 Å². The molecule has 2 aliphatic rings. The predicted molar refractivity (Wildman–Crippen MR) is 42.0 cm³/mol. The molecule has 0 spiro atoms. The highest BCUT2D eigenvalue weighted by Crippen LogP contribution is 2.36. The Balaban J connectivity index is 1.97. The molecule has 0 amide bonds. The lowest BCUT2D eigenvalue weighted by Gasteiger charge is -2.16. The van der Waals surface area contributed by atoms with Gasteiger partial charge in [0.2, 0.25) is 0 Å². The van der Waals surface area contributed by atoms with E-state index in [0.29, 0.717) is 0 Å². The molecule has 0 N–H and O–H groups in total. The van der Waals surface area contributed by atoms with Crippen molar-refractivity contribution in [2.75, 3.05) is 33.7 Å². The van der Waals surface area contributed by atoms with Crippen molar-refractivity contribution in [3.63, 3.8) is 0 Å². The summed E-state index contributed by atoms with van der Waals surface area (Å²) in [4.78, 5) is 4.96. The molecule has 2 rings (SSSR count). The fraction of sp³-hybridized carbons (Fsp3) is 1.00. The minimum Gasteiger partial charge on any atom is -0.305 e. The maximum atomic E-state index is 2.51. The van der Waals surface area contributed by atoms with Crippen LogP contribution in [-0.4, -0.2) is 49.6 Å². The highest BCUT2D eigenvalue weighted by atomic mass is 15.2. The van der Waals surface area contributed by atoms with Crippen LogP contribution in [0.3, 0.4) is 0 Å². The second-order valence-electron chi connectivity index (χ2n) is 3.81. The number of likely N-dealkylation sites (N-methyl/N-ethyl adjacent to an activating group) is 2. The molecule has 10 heavy (non-hydrogen) atoms. The van der Waals surface area contributed by atoms with E-state index in [0.717, 1.165) is 12.0 Å². The van der Waals surface area contributed by atoms with Gasteiger partial charge in [0, 0.05) is 25.7 Å². The maximum Gasteiger partial charge on any atom is 0.0137 e. The van der Waals surface area contributed by atoms with Gasteiger partial charge < -0.3 is 9.80 Å². The fourth-order valence-corrected chi connectivity index (χ4v) is 1.95. The molecule has 2 fully saturated rings. The zero-order chi connectivity index (χ0) is 7.14. The van der Waals surface area contributed by atoms with E-state index in [9.17, 15) is 0 Å². The molecule has 1 aliphatic carbocycles. The fourth-order valence-electron chi connectivity index (χ4n) is 1.95. The standard InChI is InChI=1S/C8H16N2/c1-9-3-4-10(2)8-5-7(8)6-9/h7-8H,3-6H2,1-2H3. The van der Waals surface area contributed by atoms with E-state index < -0.39 is 0 Å². The Bertz CT molecular complexity index is 135. The zero-order valence-electron chi connectivity index (χ0n) is 6.88. The molecule has 2 heteroatoms. The monoisotopic (exact) mass is 140 g/mol. The lowest BCUT2D eigenvalue weighted by atomic mass is 10.4. The van der Waals surface area contributed by atoms with E-state index in [1.165, 1.54) is 26.1 Å². The zero-order valence-corrected chi connectivity index (χ0v) is 6.88. The number of nitrogens with zero attached hydrogens (tertiary/aromatic N) is 2. The summed E-state index contributed by atoms with van der Waals surface area (Å²) in [5, 5.41) is 0. The lowest BCUT2D eigenvalue weighted by Crippen LogP contribution is -2.28. The van der Waals surface area contributed by atoms with Gasteiger partial charge in [-0.2, -0.15) is 0 Å². The van der Waals surface area contributed by atoms with E-state index >= 15 is 0 Å². The summed E-state index contributed by atoms with van der Waals surface area (Å²) < 4.78 is 0. The van der Waals surface area contributed by atoms with E-state index in [4.69, 9.17) is 0 Å². The molecule has 1 heterocycles. The van der Waals surface area contributed by atoms with E-state index in [-0.39, 0.29) is 0 Å². The van der Waals surface area contributed by atoms with Crippen LogP contribution in [0, 0.1) is 5.92 Å². The average Bonchev–Trinajstić information content (AvgIpc) is 2.60. The molecule has 1 saturated heterocycles. The van der Waals surface area contributed by atoms with E-state index in [1.54, 1.807) is 0 Å². The first kappa shape index (κ1) is 6.62. The first-order valence-corrected chi connectivity index (χ1v) is 4.16. The first-order chi connectivity index (χ1) is 4.77. The largest absolute Gasteiger partial charge is 0.305 e. The summed E-state index contributed by atoms with van der Waals surface area (Å²) in [5.74, 6) is 0.998. The summed E-state index contributed by atoms with van der Waals surface area (Å²) in [6.45, 7) is 3.84. The molecule has 2 nitrogen and oxygen atoms in total. The minimum atomic E-state index is 0.935. The molecule has 0 radical (unpaired) electrons.